The molecular formula is C14H18N2S. The number of nitrogens with one attached hydrogen (secondary N) is 2. The second-order valence-electron chi connectivity index (χ2n) is 4.72. The molecule has 2 aromatic rings. The fraction of sp³-hybridized carbons (Fsp3) is 0.429. The first-order valence-electron chi connectivity index (χ1n) is 6.24. The molecule has 0 saturated carbocycles. The Morgan fingerprint density at radius 1 is 1.41 bits per heavy atom. The molecule has 0 amide bonds. The van der Waals surface area contributed by atoms with E-state index in [2.05, 4.69) is 41.0 Å². The maximum atomic E-state index is 3.57. The van der Waals surface area contributed by atoms with Gasteiger partial charge in [-0.1, -0.05) is 0 Å². The van der Waals surface area contributed by atoms with Crippen LogP contribution in [0, 0.1) is 0 Å². The lowest BCUT2D eigenvalue weighted by Crippen LogP contribution is -2.23. The molecule has 0 unspecified atom stereocenters. The van der Waals surface area contributed by atoms with E-state index in [0.717, 1.165) is 6.42 Å². The molecule has 1 atom stereocenters. The zero-order chi connectivity index (χ0) is 11.7. The van der Waals surface area contributed by atoms with Crippen LogP contribution >= 0.6 is 11.8 Å². The Hall–Kier alpha value is -0.930. The summed E-state index contributed by atoms with van der Waals surface area (Å²) in [5.41, 5.74) is 2.71. The van der Waals surface area contributed by atoms with Crippen molar-refractivity contribution in [2.24, 2.45) is 0 Å². The lowest BCUT2D eigenvalue weighted by molar-refractivity contribution is 0.605. The summed E-state index contributed by atoms with van der Waals surface area (Å²) in [4.78, 5) is 4.72. The van der Waals surface area contributed by atoms with Gasteiger partial charge in [0.15, 0.2) is 0 Å². The Balaban J connectivity index is 1.92. The third kappa shape index (κ3) is 2.22. The summed E-state index contributed by atoms with van der Waals surface area (Å²) in [6, 6.07) is 7.35. The third-order valence-corrected chi connectivity index (χ3v) is 4.33. The van der Waals surface area contributed by atoms with Crippen LogP contribution < -0.4 is 5.32 Å². The quantitative estimate of drug-likeness (QED) is 0.814. The summed E-state index contributed by atoms with van der Waals surface area (Å²) in [6.45, 7) is 1.18. The number of aromatic amines is 1. The van der Waals surface area contributed by atoms with Gasteiger partial charge >= 0.3 is 0 Å². The minimum Gasteiger partial charge on any atom is -0.361 e. The van der Waals surface area contributed by atoms with Crippen LogP contribution in [0.2, 0.25) is 0 Å². The van der Waals surface area contributed by atoms with E-state index in [-0.39, 0.29) is 0 Å². The molecule has 1 saturated heterocycles. The van der Waals surface area contributed by atoms with Gasteiger partial charge in [0, 0.05) is 28.0 Å². The smallest absolute Gasteiger partial charge is 0.0457 e. The summed E-state index contributed by atoms with van der Waals surface area (Å²) in [5.74, 6) is 0. The summed E-state index contributed by atoms with van der Waals surface area (Å²) < 4.78 is 0. The fourth-order valence-corrected chi connectivity index (χ4v) is 3.09. The molecule has 0 bridgehead atoms. The molecule has 17 heavy (non-hydrogen) atoms. The Morgan fingerprint density at radius 3 is 3.12 bits per heavy atom. The molecule has 2 nitrogen and oxygen atoms in total. The molecule has 3 rings (SSSR count). The molecule has 0 spiro atoms. The zero-order valence-corrected chi connectivity index (χ0v) is 10.9. The zero-order valence-electron chi connectivity index (χ0n) is 10.1. The van der Waals surface area contributed by atoms with Crippen molar-refractivity contribution in [3.05, 3.63) is 30.0 Å². The van der Waals surface area contributed by atoms with E-state index in [1.807, 2.05) is 11.8 Å². The van der Waals surface area contributed by atoms with E-state index in [1.54, 1.807) is 0 Å². The van der Waals surface area contributed by atoms with Crippen molar-refractivity contribution in [3.63, 3.8) is 0 Å². The number of H-pyrrole nitrogens is 1. The molecule has 2 heterocycles. The van der Waals surface area contributed by atoms with E-state index < -0.39 is 0 Å². The topological polar surface area (TPSA) is 27.8 Å². The van der Waals surface area contributed by atoms with E-state index >= 15 is 0 Å². The van der Waals surface area contributed by atoms with Crippen LogP contribution in [0.15, 0.2) is 29.3 Å². The van der Waals surface area contributed by atoms with Crippen molar-refractivity contribution < 1.29 is 0 Å². The first kappa shape index (κ1) is 11.2. The number of fused-ring (bicyclic) bond motifs is 1. The predicted octanol–water partition coefficient (Wildman–Crippen LogP) is 3.18. The van der Waals surface area contributed by atoms with Crippen LogP contribution in [0.5, 0.6) is 0 Å². The molecular weight excluding hydrogens is 228 g/mol. The van der Waals surface area contributed by atoms with Gasteiger partial charge in [-0.05, 0) is 55.8 Å². The lowest BCUT2D eigenvalue weighted by atomic mass is 10.0. The highest BCUT2D eigenvalue weighted by molar-refractivity contribution is 7.98. The van der Waals surface area contributed by atoms with Crippen LogP contribution in [0.4, 0.5) is 0 Å². The largest absolute Gasteiger partial charge is 0.361 e. The molecule has 1 aromatic heterocycles. The molecule has 0 radical (unpaired) electrons. The van der Waals surface area contributed by atoms with Gasteiger partial charge in [0.1, 0.15) is 0 Å². The summed E-state index contributed by atoms with van der Waals surface area (Å²) >= 11 is 1.81. The monoisotopic (exact) mass is 246 g/mol. The van der Waals surface area contributed by atoms with Crippen molar-refractivity contribution >= 4 is 22.7 Å². The number of aromatic nitrogens is 1. The minimum absolute atomic E-state index is 0.673. The maximum absolute atomic E-state index is 3.57. The van der Waals surface area contributed by atoms with Gasteiger partial charge in [0.05, 0.1) is 0 Å². The van der Waals surface area contributed by atoms with Crippen molar-refractivity contribution in [2.75, 3.05) is 12.8 Å². The molecule has 90 valence electrons. The first-order chi connectivity index (χ1) is 8.36. The Labute approximate surface area is 106 Å². The van der Waals surface area contributed by atoms with Crippen LogP contribution in [-0.2, 0) is 6.42 Å². The van der Waals surface area contributed by atoms with Crippen LogP contribution in [0.1, 0.15) is 18.4 Å². The molecule has 2 N–H and O–H groups in total. The van der Waals surface area contributed by atoms with Gasteiger partial charge in [0.25, 0.3) is 0 Å². The highest BCUT2D eigenvalue weighted by Gasteiger charge is 2.16. The Morgan fingerprint density at radius 2 is 2.35 bits per heavy atom. The molecule has 0 aliphatic carbocycles. The van der Waals surface area contributed by atoms with E-state index in [0.29, 0.717) is 6.04 Å². The SMILES string of the molecule is CSc1ccc2[nH]cc(C[C@@H]3CCCN3)c2c1. The van der Waals surface area contributed by atoms with Crippen LogP contribution in [0.25, 0.3) is 10.9 Å². The number of hydrogen-bond donors (Lipinski definition) is 2. The van der Waals surface area contributed by atoms with Crippen molar-refractivity contribution in [1.29, 1.82) is 0 Å². The standard InChI is InChI=1S/C14H18N2S/c1-17-12-4-5-14-13(8-12)10(9-16-14)7-11-3-2-6-15-11/h4-5,8-9,11,15-16H,2-3,6-7H2,1H3/t11-/m0/s1. The summed E-state index contributed by atoms with van der Waals surface area (Å²) in [7, 11) is 0. The Bertz CT molecular complexity index is 512. The minimum atomic E-state index is 0.673. The Kier molecular flexibility index (Phi) is 3.12. The van der Waals surface area contributed by atoms with Gasteiger partial charge < -0.3 is 10.3 Å². The second-order valence-corrected chi connectivity index (χ2v) is 5.60. The summed E-state index contributed by atoms with van der Waals surface area (Å²) in [5, 5.41) is 4.96. The van der Waals surface area contributed by atoms with E-state index in [1.165, 1.54) is 40.7 Å². The number of hydrogen-bond acceptors (Lipinski definition) is 2. The van der Waals surface area contributed by atoms with Crippen LogP contribution in [0.3, 0.4) is 0 Å². The average molecular weight is 246 g/mol. The average Bonchev–Trinajstić information content (AvgIpc) is 2.99. The van der Waals surface area contributed by atoms with E-state index in [4.69, 9.17) is 0 Å². The summed E-state index contributed by atoms with van der Waals surface area (Å²) in [6.07, 6.45) is 8.09. The highest BCUT2D eigenvalue weighted by atomic mass is 32.2. The van der Waals surface area contributed by atoms with Crippen molar-refractivity contribution in [3.8, 4) is 0 Å². The molecule has 1 fully saturated rings. The van der Waals surface area contributed by atoms with Gasteiger partial charge in [-0.15, -0.1) is 11.8 Å². The highest BCUT2D eigenvalue weighted by Crippen LogP contribution is 2.26. The molecule has 3 heteroatoms. The van der Waals surface area contributed by atoms with Crippen molar-refractivity contribution in [2.45, 2.75) is 30.2 Å². The number of thioether (sulfide) groups is 1. The van der Waals surface area contributed by atoms with Gasteiger partial charge in [-0.25, -0.2) is 0 Å². The maximum Gasteiger partial charge on any atom is 0.0457 e. The molecule has 1 aliphatic heterocycles. The first-order valence-corrected chi connectivity index (χ1v) is 7.46. The normalized spacial score (nSPS) is 20.2. The van der Waals surface area contributed by atoms with Gasteiger partial charge in [0.2, 0.25) is 0 Å². The molecule has 1 aromatic carbocycles. The number of rotatable bonds is 3. The van der Waals surface area contributed by atoms with E-state index in [9.17, 15) is 0 Å². The third-order valence-electron chi connectivity index (χ3n) is 3.60. The predicted molar refractivity (Wildman–Crippen MR) is 74.8 cm³/mol. The molecule has 1 aliphatic rings. The van der Waals surface area contributed by atoms with Gasteiger partial charge in [-0.2, -0.15) is 0 Å². The second kappa shape index (κ2) is 4.75. The number of benzene rings is 1. The van der Waals surface area contributed by atoms with Crippen molar-refractivity contribution in [1.82, 2.24) is 10.3 Å². The lowest BCUT2D eigenvalue weighted by Gasteiger charge is -2.09. The van der Waals surface area contributed by atoms with Crippen LogP contribution in [-0.4, -0.2) is 23.8 Å². The fourth-order valence-electron chi connectivity index (χ4n) is 2.65. The van der Waals surface area contributed by atoms with Gasteiger partial charge in [-0.3, -0.25) is 0 Å².